The average molecular weight is 400 g/mol. The molecule has 1 fully saturated rings. The standard InChI is InChI=1S/C23H23F3N2O/c1-14(15-7-3-2-4-8-15)21-17-9-5-6-10-18(17)22(28-27-21)19-12-11-16(13-20(19)29)23(24,25)26/h5-6,9-15,29H,2-4,7-8H2,1H3. The maximum absolute atomic E-state index is 12.9. The number of alkyl halides is 3. The molecule has 0 bridgehead atoms. The van der Waals surface area contributed by atoms with E-state index in [4.69, 9.17) is 0 Å². The van der Waals surface area contributed by atoms with Crippen molar-refractivity contribution in [3.63, 3.8) is 0 Å². The fourth-order valence-corrected chi connectivity index (χ4v) is 4.43. The first-order chi connectivity index (χ1) is 13.9. The SMILES string of the molecule is CC(c1nnc(-c2ccc(C(F)(F)F)cc2O)c2ccccc12)C1CCCCC1. The normalized spacial score (nSPS) is 16.8. The van der Waals surface area contributed by atoms with Gasteiger partial charge in [0.05, 0.1) is 11.3 Å². The van der Waals surface area contributed by atoms with Gasteiger partial charge in [-0.25, -0.2) is 0 Å². The van der Waals surface area contributed by atoms with Gasteiger partial charge < -0.3 is 5.11 Å². The lowest BCUT2D eigenvalue weighted by Crippen LogP contribution is -2.16. The Labute approximate surface area is 167 Å². The summed E-state index contributed by atoms with van der Waals surface area (Å²) in [5.74, 6) is 0.363. The van der Waals surface area contributed by atoms with Crippen molar-refractivity contribution >= 4 is 10.8 Å². The van der Waals surface area contributed by atoms with Crippen molar-refractivity contribution in [2.45, 2.75) is 51.1 Å². The van der Waals surface area contributed by atoms with E-state index in [0.29, 0.717) is 11.6 Å². The highest BCUT2D eigenvalue weighted by Crippen LogP contribution is 2.41. The molecule has 0 radical (unpaired) electrons. The lowest BCUT2D eigenvalue weighted by atomic mass is 9.78. The van der Waals surface area contributed by atoms with Crippen LogP contribution in [0.3, 0.4) is 0 Å². The highest BCUT2D eigenvalue weighted by Gasteiger charge is 2.31. The van der Waals surface area contributed by atoms with Crippen molar-refractivity contribution in [2.75, 3.05) is 0 Å². The van der Waals surface area contributed by atoms with E-state index in [1.807, 2.05) is 24.3 Å². The average Bonchev–Trinajstić information content (AvgIpc) is 2.72. The fraction of sp³-hybridized carbons (Fsp3) is 0.391. The highest BCUT2D eigenvalue weighted by atomic mass is 19.4. The minimum Gasteiger partial charge on any atom is -0.507 e. The largest absolute Gasteiger partial charge is 0.507 e. The molecule has 0 saturated heterocycles. The molecule has 0 aliphatic heterocycles. The number of nitrogens with zero attached hydrogens (tertiary/aromatic N) is 2. The highest BCUT2D eigenvalue weighted by molar-refractivity contribution is 5.96. The van der Waals surface area contributed by atoms with Crippen molar-refractivity contribution in [1.29, 1.82) is 0 Å². The molecule has 1 saturated carbocycles. The van der Waals surface area contributed by atoms with Crippen molar-refractivity contribution in [1.82, 2.24) is 10.2 Å². The number of benzene rings is 2. The zero-order chi connectivity index (χ0) is 20.6. The number of hydrogen-bond acceptors (Lipinski definition) is 3. The Morgan fingerprint density at radius 2 is 1.66 bits per heavy atom. The smallest absolute Gasteiger partial charge is 0.416 e. The molecule has 3 aromatic rings. The number of hydrogen-bond donors (Lipinski definition) is 1. The molecule has 2 aromatic carbocycles. The summed E-state index contributed by atoms with van der Waals surface area (Å²) in [6.07, 6.45) is 1.60. The van der Waals surface area contributed by atoms with Gasteiger partial charge >= 0.3 is 6.18 Å². The van der Waals surface area contributed by atoms with E-state index in [1.54, 1.807) is 0 Å². The minimum absolute atomic E-state index is 0.249. The summed E-state index contributed by atoms with van der Waals surface area (Å²) in [5.41, 5.74) is 0.672. The summed E-state index contributed by atoms with van der Waals surface area (Å²) in [4.78, 5) is 0. The van der Waals surface area contributed by atoms with Crippen LogP contribution in [0.25, 0.3) is 22.0 Å². The van der Waals surface area contributed by atoms with Crippen molar-refractivity contribution in [3.05, 3.63) is 53.7 Å². The van der Waals surface area contributed by atoms with Crippen molar-refractivity contribution in [3.8, 4) is 17.0 Å². The number of fused-ring (bicyclic) bond motifs is 1. The predicted octanol–water partition coefficient (Wildman–Crippen LogP) is 6.71. The van der Waals surface area contributed by atoms with E-state index in [2.05, 4.69) is 17.1 Å². The van der Waals surface area contributed by atoms with Crippen LogP contribution >= 0.6 is 0 Å². The number of phenols is 1. The second-order valence-corrected chi connectivity index (χ2v) is 7.90. The van der Waals surface area contributed by atoms with Crippen LogP contribution in [0, 0.1) is 5.92 Å². The molecule has 1 heterocycles. The molecule has 4 rings (SSSR count). The van der Waals surface area contributed by atoms with Crippen LogP contribution in [0.5, 0.6) is 5.75 Å². The van der Waals surface area contributed by atoms with E-state index in [-0.39, 0.29) is 11.5 Å². The molecule has 152 valence electrons. The maximum atomic E-state index is 12.9. The number of phenolic OH excluding ortho intramolecular Hbond substituents is 1. The second kappa shape index (κ2) is 7.65. The third-order valence-corrected chi connectivity index (χ3v) is 6.08. The third-order valence-electron chi connectivity index (χ3n) is 6.08. The summed E-state index contributed by atoms with van der Waals surface area (Å²) in [6, 6.07) is 10.6. The monoisotopic (exact) mass is 400 g/mol. The molecule has 1 aliphatic rings. The zero-order valence-corrected chi connectivity index (χ0v) is 16.2. The van der Waals surface area contributed by atoms with Crippen LogP contribution in [0.2, 0.25) is 0 Å². The number of rotatable bonds is 3. The maximum Gasteiger partial charge on any atom is 0.416 e. The van der Waals surface area contributed by atoms with Crippen molar-refractivity contribution in [2.24, 2.45) is 5.92 Å². The quantitative estimate of drug-likeness (QED) is 0.532. The molecule has 1 N–H and O–H groups in total. The van der Waals surface area contributed by atoms with Crippen LogP contribution in [-0.4, -0.2) is 15.3 Å². The van der Waals surface area contributed by atoms with Crippen LogP contribution in [0.15, 0.2) is 42.5 Å². The van der Waals surface area contributed by atoms with Gasteiger partial charge in [-0.1, -0.05) is 50.5 Å². The molecule has 0 spiro atoms. The summed E-state index contributed by atoms with van der Waals surface area (Å²) < 4.78 is 38.8. The van der Waals surface area contributed by atoms with Gasteiger partial charge in [0, 0.05) is 22.3 Å². The number of aromatic hydroxyl groups is 1. The van der Waals surface area contributed by atoms with E-state index < -0.39 is 17.5 Å². The van der Waals surface area contributed by atoms with Gasteiger partial charge in [-0.15, -0.1) is 5.10 Å². The third kappa shape index (κ3) is 3.80. The number of aromatic nitrogens is 2. The minimum atomic E-state index is -4.51. The first-order valence-corrected chi connectivity index (χ1v) is 10.0. The van der Waals surface area contributed by atoms with Crippen LogP contribution in [0.4, 0.5) is 13.2 Å². The van der Waals surface area contributed by atoms with Crippen LogP contribution in [0.1, 0.15) is 56.2 Å². The summed E-state index contributed by atoms with van der Waals surface area (Å²) in [5, 5.41) is 20.9. The van der Waals surface area contributed by atoms with Gasteiger partial charge in [-0.05, 0) is 37.0 Å². The summed E-state index contributed by atoms with van der Waals surface area (Å²) in [6.45, 7) is 2.18. The summed E-state index contributed by atoms with van der Waals surface area (Å²) >= 11 is 0. The van der Waals surface area contributed by atoms with Gasteiger partial charge in [-0.3, -0.25) is 0 Å². The van der Waals surface area contributed by atoms with Crippen LogP contribution < -0.4 is 0 Å². The molecule has 1 aliphatic carbocycles. The van der Waals surface area contributed by atoms with E-state index >= 15 is 0 Å². The Balaban J connectivity index is 1.80. The summed E-state index contributed by atoms with van der Waals surface area (Å²) in [7, 11) is 0. The number of halogens is 3. The van der Waals surface area contributed by atoms with Gasteiger partial charge in [0.25, 0.3) is 0 Å². The Morgan fingerprint density at radius 1 is 0.966 bits per heavy atom. The molecule has 1 unspecified atom stereocenters. The molecule has 0 amide bonds. The van der Waals surface area contributed by atoms with E-state index in [1.165, 1.54) is 38.2 Å². The van der Waals surface area contributed by atoms with Gasteiger partial charge in [0.1, 0.15) is 11.4 Å². The first kappa shape index (κ1) is 19.7. The molecule has 3 nitrogen and oxygen atoms in total. The molecule has 1 aromatic heterocycles. The van der Waals surface area contributed by atoms with Gasteiger partial charge in [-0.2, -0.15) is 18.3 Å². The van der Waals surface area contributed by atoms with Gasteiger partial charge in [0.2, 0.25) is 0 Å². The first-order valence-electron chi connectivity index (χ1n) is 10.0. The van der Waals surface area contributed by atoms with E-state index in [0.717, 1.165) is 28.6 Å². The zero-order valence-electron chi connectivity index (χ0n) is 16.2. The predicted molar refractivity (Wildman–Crippen MR) is 107 cm³/mol. The Hall–Kier alpha value is -2.63. The molecule has 1 atom stereocenters. The van der Waals surface area contributed by atoms with Gasteiger partial charge in [0.15, 0.2) is 0 Å². The Kier molecular flexibility index (Phi) is 5.19. The Bertz CT molecular complexity index is 1030. The molecule has 29 heavy (non-hydrogen) atoms. The van der Waals surface area contributed by atoms with Crippen LogP contribution in [-0.2, 0) is 6.18 Å². The molecule has 6 heteroatoms. The lowest BCUT2D eigenvalue weighted by Gasteiger charge is -2.27. The molecular formula is C23H23F3N2O. The molecular weight excluding hydrogens is 377 g/mol. The van der Waals surface area contributed by atoms with E-state index in [9.17, 15) is 18.3 Å². The Morgan fingerprint density at radius 3 is 2.31 bits per heavy atom. The topological polar surface area (TPSA) is 46.0 Å². The second-order valence-electron chi connectivity index (χ2n) is 7.90. The fourth-order valence-electron chi connectivity index (χ4n) is 4.43. The lowest BCUT2D eigenvalue weighted by molar-refractivity contribution is -0.137. The van der Waals surface area contributed by atoms with Crippen molar-refractivity contribution < 1.29 is 18.3 Å².